The van der Waals surface area contributed by atoms with Crippen LogP contribution in [0.2, 0.25) is 0 Å². The van der Waals surface area contributed by atoms with Crippen molar-refractivity contribution in [2.45, 2.75) is 13.0 Å². The molecule has 5 heteroatoms. The third-order valence-electron chi connectivity index (χ3n) is 2.98. The van der Waals surface area contributed by atoms with Gasteiger partial charge in [0, 0.05) is 0 Å². The van der Waals surface area contributed by atoms with Crippen LogP contribution >= 0.6 is 0 Å². The molecule has 2 aromatic carbocycles. The molecule has 0 saturated carbocycles. The number of aliphatic hydroxyl groups excluding tert-OH is 1. The second kappa shape index (κ2) is 6.67. The number of nitrogens with one attached hydrogen (secondary N) is 1. The molecule has 5 nitrogen and oxygen atoms in total. The zero-order chi connectivity index (χ0) is 15.2. The van der Waals surface area contributed by atoms with E-state index in [-0.39, 0.29) is 5.75 Å². The molecule has 1 amide bonds. The topological polar surface area (TPSA) is 81.9 Å². The lowest BCUT2D eigenvalue weighted by Crippen LogP contribution is -2.26. The van der Waals surface area contributed by atoms with Gasteiger partial charge in [0.15, 0.2) is 6.10 Å². The molecule has 3 N–H and O–H groups in total. The van der Waals surface area contributed by atoms with Crippen LogP contribution in [0.3, 0.4) is 0 Å². The zero-order valence-corrected chi connectivity index (χ0v) is 11.5. The Bertz CT molecular complexity index is 636. The van der Waals surface area contributed by atoms with E-state index in [0.29, 0.717) is 11.3 Å². The maximum absolute atomic E-state index is 11.8. The van der Waals surface area contributed by atoms with Crippen molar-refractivity contribution in [2.24, 2.45) is 5.10 Å². The number of aliphatic hydroxyl groups is 1. The zero-order valence-electron chi connectivity index (χ0n) is 11.5. The van der Waals surface area contributed by atoms with E-state index in [4.69, 9.17) is 0 Å². The van der Waals surface area contributed by atoms with Gasteiger partial charge in [0.2, 0.25) is 0 Å². The van der Waals surface area contributed by atoms with Gasteiger partial charge in [-0.3, -0.25) is 4.79 Å². The summed E-state index contributed by atoms with van der Waals surface area (Å²) in [5, 5.41) is 23.1. The number of carbonyl (C=O) groups is 1. The summed E-state index contributed by atoms with van der Waals surface area (Å²) in [5.41, 5.74) is 4.18. The van der Waals surface area contributed by atoms with E-state index >= 15 is 0 Å². The number of carbonyl (C=O) groups excluding carboxylic acids is 1. The SMILES string of the molecule is C/C(=N\NC(=O)C(O)c1ccccc1)c1ccc(O)cc1. The van der Waals surface area contributed by atoms with Crippen LogP contribution in [0.4, 0.5) is 0 Å². The Morgan fingerprint density at radius 1 is 1.10 bits per heavy atom. The number of nitrogens with zero attached hydrogens (tertiary/aromatic N) is 1. The van der Waals surface area contributed by atoms with E-state index < -0.39 is 12.0 Å². The fourth-order valence-electron chi connectivity index (χ4n) is 1.75. The summed E-state index contributed by atoms with van der Waals surface area (Å²) in [7, 11) is 0. The predicted molar refractivity (Wildman–Crippen MR) is 79.9 cm³/mol. The van der Waals surface area contributed by atoms with Crippen molar-refractivity contribution in [3.8, 4) is 5.75 Å². The van der Waals surface area contributed by atoms with Crippen LogP contribution in [-0.4, -0.2) is 21.8 Å². The van der Waals surface area contributed by atoms with Gasteiger partial charge < -0.3 is 10.2 Å². The predicted octanol–water partition coefficient (Wildman–Crippen LogP) is 1.97. The van der Waals surface area contributed by atoms with E-state index in [1.165, 1.54) is 12.1 Å². The van der Waals surface area contributed by atoms with Crippen LogP contribution in [0, 0.1) is 0 Å². The van der Waals surface area contributed by atoms with Gasteiger partial charge in [-0.25, -0.2) is 5.43 Å². The Morgan fingerprint density at radius 2 is 1.71 bits per heavy atom. The molecule has 1 unspecified atom stereocenters. The highest BCUT2D eigenvalue weighted by Gasteiger charge is 2.16. The lowest BCUT2D eigenvalue weighted by Gasteiger charge is -2.09. The quantitative estimate of drug-likeness (QED) is 0.593. The van der Waals surface area contributed by atoms with Crippen molar-refractivity contribution >= 4 is 11.6 Å². The summed E-state index contributed by atoms with van der Waals surface area (Å²) in [4.78, 5) is 11.8. The lowest BCUT2D eigenvalue weighted by atomic mass is 10.1. The minimum atomic E-state index is -1.26. The minimum Gasteiger partial charge on any atom is -0.508 e. The number of aromatic hydroxyl groups is 1. The molecule has 0 radical (unpaired) electrons. The monoisotopic (exact) mass is 284 g/mol. The minimum absolute atomic E-state index is 0.162. The highest BCUT2D eigenvalue weighted by Crippen LogP contribution is 2.12. The van der Waals surface area contributed by atoms with Gasteiger partial charge in [0.1, 0.15) is 5.75 Å². The molecule has 0 aromatic heterocycles. The van der Waals surface area contributed by atoms with Crippen molar-refractivity contribution in [3.63, 3.8) is 0 Å². The van der Waals surface area contributed by atoms with E-state index in [1.54, 1.807) is 49.4 Å². The second-order valence-electron chi connectivity index (χ2n) is 4.53. The normalized spacial score (nSPS) is 12.8. The number of hydrogen-bond donors (Lipinski definition) is 3. The van der Waals surface area contributed by atoms with E-state index in [2.05, 4.69) is 10.5 Å². The maximum atomic E-state index is 11.8. The van der Waals surface area contributed by atoms with Gasteiger partial charge in [-0.1, -0.05) is 30.3 Å². The molecule has 0 spiro atoms. The molecule has 0 aliphatic rings. The fourth-order valence-corrected chi connectivity index (χ4v) is 1.75. The van der Waals surface area contributed by atoms with Gasteiger partial charge in [-0.2, -0.15) is 5.10 Å². The van der Waals surface area contributed by atoms with Gasteiger partial charge in [-0.05, 0) is 42.3 Å². The molecule has 0 heterocycles. The summed E-state index contributed by atoms with van der Waals surface area (Å²) in [6.45, 7) is 1.72. The number of hydrazone groups is 1. The van der Waals surface area contributed by atoms with Gasteiger partial charge in [0.05, 0.1) is 5.71 Å². The lowest BCUT2D eigenvalue weighted by molar-refractivity contribution is -0.129. The molecule has 2 aromatic rings. The highest BCUT2D eigenvalue weighted by molar-refractivity contribution is 5.99. The fraction of sp³-hybridized carbons (Fsp3) is 0.125. The molecule has 1 atom stereocenters. The number of benzene rings is 2. The van der Waals surface area contributed by atoms with E-state index in [0.717, 1.165) is 5.56 Å². The van der Waals surface area contributed by atoms with Crippen molar-refractivity contribution in [3.05, 3.63) is 65.7 Å². The number of amides is 1. The van der Waals surface area contributed by atoms with Crippen LogP contribution in [0.1, 0.15) is 24.2 Å². The average Bonchev–Trinajstić information content (AvgIpc) is 2.53. The van der Waals surface area contributed by atoms with Crippen molar-refractivity contribution < 1.29 is 15.0 Å². The third kappa shape index (κ3) is 3.90. The molecule has 0 aliphatic carbocycles. The molecule has 0 aliphatic heterocycles. The molecular formula is C16H16N2O3. The Labute approximate surface area is 122 Å². The number of hydrogen-bond acceptors (Lipinski definition) is 4. The van der Waals surface area contributed by atoms with Crippen LogP contribution in [0.15, 0.2) is 59.7 Å². The largest absolute Gasteiger partial charge is 0.508 e. The summed E-state index contributed by atoms with van der Waals surface area (Å²) in [5.74, 6) is -0.436. The Kier molecular flexibility index (Phi) is 4.68. The van der Waals surface area contributed by atoms with Crippen molar-refractivity contribution in [1.82, 2.24) is 5.43 Å². The van der Waals surface area contributed by atoms with Crippen molar-refractivity contribution in [2.75, 3.05) is 0 Å². The van der Waals surface area contributed by atoms with E-state index in [1.807, 2.05) is 0 Å². The Hall–Kier alpha value is -2.66. The maximum Gasteiger partial charge on any atom is 0.273 e. The van der Waals surface area contributed by atoms with E-state index in [9.17, 15) is 15.0 Å². The molecule has 0 saturated heterocycles. The highest BCUT2D eigenvalue weighted by atomic mass is 16.3. The molecule has 108 valence electrons. The number of rotatable bonds is 4. The Morgan fingerprint density at radius 3 is 2.33 bits per heavy atom. The first kappa shape index (κ1) is 14.7. The first-order chi connectivity index (χ1) is 10.1. The number of phenols is 1. The first-order valence-electron chi connectivity index (χ1n) is 6.44. The van der Waals surface area contributed by atoms with Crippen molar-refractivity contribution in [1.29, 1.82) is 0 Å². The molecule has 0 fully saturated rings. The van der Waals surface area contributed by atoms with Crippen LogP contribution in [-0.2, 0) is 4.79 Å². The Balaban J connectivity index is 2.03. The smallest absolute Gasteiger partial charge is 0.273 e. The third-order valence-corrected chi connectivity index (χ3v) is 2.98. The van der Waals surface area contributed by atoms with Crippen LogP contribution in [0.25, 0.3) is 0 Å². The van der Waals surface area contributed by atoms with Gasteiger partial charge >= 0.3 is 0 Å². The summed E-state index contributed by atoms with van der Waals surface area (Å²) < 4.78 is 0. The van der Waals surface area contributed by atoms with Gasteiger partial charge in [0.25, 0.3) is 5.91 Å². The summed E-state index contributed by atoms with van der Waals surface area (Å²) in [6.07, 6.45) is -1.26. The van der Waals surface area contributed by atoms with Crippen LogP contribution < -0.4 is 5.43 Å². The molecular weight excluding hydrogens is 268 g/mol. The van der Waals surface area contributed by atoms with Crippen LogP contribution in [0.5, 0.6) is 5.75 Å². The van der Waals surface area contributed by atoms with Gasteiger partial charge in [-0.15, -0.1) is 0 Å². The standard InChI is InChI=1S/C16H16N2O3/c1-11(12-7-9-14(19)10-8-12)17-18-16(21)15(20)13-5-3-2-4-6-13/h2-10,15,19-20H,1H3,(H,18,21)/b17-11+. The molecule has 21 heavy (non-hydrogen) atoms. The molecule has 0 bridgehead atoms. The second-order valence-corrected chi connectivity index (χ2v) is 4.53. The first-order valence-corrected chi connectivity index (χ1v) is 6.44. The number of phenolic OH excluding ortho intramolecular Hbond substituents is 1. The molecule has 2 rings (SSSR count). The average molecular weight is 284 g/mol. The summed E-state index contributed by atoms with van der Waals surface area (Å²) in [6, 6.07) is 15.1. The summed E-state index contributed by atoms with van der Waals surface area (Å²) >= 11 is 0.